The van der Waals surface area contributed by atoms with Crippen LogP contribution in [0.3, 0.4) is 0 Å². The van der Waals surface area contributed by atoms with E-state index >= 15 is 0 Å². The van der Waals surface area contributed by atoms with Crippen molar-refractivity contribution in [3.63, 3.8) is 0 Å². The zero-order chi connectivity index (χ0) is 3.54. The normalized spacial score (nSPS) is 20.0. The summed E-state index contributed by atoms with van der Waals surface area (Å²) in [6.45, 7) is 0. The molecule has 6 heavy (non-hydrogen) atoms. The van der Waals surface area contributed by atoms with E-state index in [2.05, 4.69) is 0 Å². The summed E-state index contributed by atoms with van der Waals surface area (Å²) >= 11 is 0. The first kappa shape index (κ1) is 6.60. The van der Waals surface area contributed by atoms with Crippen molar-refractivity contribution >= 4 is 0 Å². The van der Waals surface area contributed by atoms with Gasteiger partial charge in [-0.3, -0.25) is 0 Å². The van der Waals surface area contributed by atoms with Gasteiger partial charge in [0, 0.05) is 0 Å². The van der Waals surface area contributed by atoms with Gasteiger partial charge < -0.3 is 1.43 Å². The second-order valence-corrected chi connectivity index (χ2v) is 1.77. The van der Waals surface area contributed by atoms with E-state index < -0.39 is 0 Å². The van der Waals surface area contributed by atoms with E-state index in [1.54, 1.807) is 0 Å². The summed E-state index contributed by atoms with van der Waals surface area (Å²) in [5, 5.41) is 0. The van der Waals surface area contributed by atoms with E-state index in [4.69, 9.17) is 0 Å². The summed E-state index contributed by atoms with van der Waals surface area (Å²) in [5.41, 5.74) is 0. The molecule has 0 aliphatic heterocycles. The molecule has 0 amide bonds. The van der Waals surface area contributed by atoms with Crippen LogP contribution in [0.15, 0.2) is 0 Å². The molecule has 0 aromatic carbocycles. The minimum atomic E-state index is 0. The third-order valence-electron chi connectivity index (χ3n) is 1.25. The van der Waals surface area contributed by atoms with Crippen molar-refractivity contribution in [1.29, 1.82) is 0 Å². The van der Waals surface area contributed by atoms with Gasteiger partial charge in [0.05, 0.1) is 0 Å². The first-order valence-corrected chi connectivity index (χ1v) is 2.50. The van der Waals surface area contributed by atoms with E-state index in [1.807, 2.05) is 0 Å². The Labute approximate surface area is 53.0 Å². The first-order chi connectivity index (χ1) is 2.50. The summed E-state index contributed by atoms with van der Waals surface area (Å²) in [4.78, 5) is 0. The van der Waals surface area contributed by atoms with Gasteiger partial charge in [0.25, 0.3) is 0 Å². The molecule has 0 N–H and O–H groups in total. The molecule has 1 rings (SSSR count). The van der Waals surface area contributed by atoms with E-state index in [-0.39, 0.29) is 20.3 Å². The number of hydrogen-bond acceptors (Lipinski definition) is 0. The van der Waals surface area contributed by atoms with E-state index in [1.165, 1.54) is 32.1 Å². The second-order valence-electron chi connectivity index (χ2n) is 1.77. The third-order valence-corrected chi connectivity index (χ3v) is 1.25. The molecule has 1 aliphatic rings. The Morgan fingerprint density at radius 1 is 0.667 bits per heavy atom. The Balaban J connectivity index is 0. The molecule has 32 valence electrons. The van der Waals surface area contributed by atoms with Crippen molar-refractivity contribution in [2.75, 3.05) is 0 Å². The van der Waals surface area contributed by atoms with Gasteiger partial charge in [0.1, 0.15) is 0 Å². The summed E-state index contributed by atoms with van der Waals surface area (Å²) in [5.74, 6) is 0. The van der Waals surface area contributed by atoms with Gasteiger partial charge in [0.15, 0.2) is 0 Å². The van der Waals surface area contributed by atoms with Gasteiger partial charge in [-0.25, -0.2) is 0 Å². The fraction of sp³-hybridized carbons (Fsp3) is 1.00. The molecular formula is C5H11Li. The van der Waals surface area contributed by atoms with Crippen LogP contribution >= 0.6 is 0 Å². The fourth-order valence-corrected chi connectivity index (χ4v) is 0.884. The standard InChI is InChI=1S/C5H10.Li.H/c1-2-4-5-3-1;;/h1-5H2;;/q;+1;-1. The smallest absolute Gasteiger partial charge is 1.00 e. The quantitative estimate of drug-likeness (QED) is 0.328. The predicted octanol–water partition coefficient (Wildman–Crippen LogP) is -0.933. The van der Waals surface area contributed by atoms with Crippen LogP contribution in [0.5, 0.6) is 0 Å². The molecule has 1 fully saturated rings. The van der Waals surface area contributed by atoms with Crippen molar-refractivity contribution in [1.82, 2.24) is 0 Å². The minimum absolute atomic E-state index is 0. The molecule has 0 spiro atoms. The van der Waals surface area contributed by atoms with E-state index in [0.29, 0.717) is 0 Å². The second kappa shape index (κ2) is 3.78. The first-order valence-electron chi connectivity index (χ1n) is 2.50. The molecule has 1 heteroatoms. The van der Waals surface area contributed by atoms with E-state index in [0.717, 1.165) is 0 Å². The van der Waals surface area contributed by atoms with Crippen LogP contribution in [0.1, 0.15) is 33.5 Å². The maximum absolute atomic E-state index is 1.50. The Kier molecular flexibility index (Phi) is 4.15. The van der Waals surface area contributed by atoms with Crippen LogP contribution in [0.2, 0.25) is 0 Å². The van der Waals surface area contributed by atoms with Gasteiger partial charge in [-0.05, 0) is 0 Å². The Hall–Kier alpha value is 0.597. The van der Waals surface area contributed by atoms with Crippen molar-refractivity contribution in [2.24, 2.45) is 0 Å². The summed E-state index contributed by atoms with van der Waals surface area (Å²) < 4.78 is 0. The Morgan fingerprint density at radius 3 is 1.00 bits per heavy atom. The van der Waals surface area contributed by atoms with Crippen LogP contribution in [-0.4, -0.2) is 0 Å². The van der Waals surface area contributed by atoms with Crippen molar-refractivity contribution < 1.29 is 20.3 Å². The Bertz CT molecular complexity index is 19.7. The molecule has 0 nitrogen and oxygen atoms in total. The fourth-order valence-electron chi connectivity index (χ4n) is 0.884. The molecule has 0 aromatic heterocycles. The van der Waals surface area contributed by atoms with Gasteiger partial charge in [-0.2, -0.15) is 0 Å². The zero-order valence-corrected chi connectivity index (χ0v) is 4.54. The van der Waals surface area contributed by atoms with Gasteiger partial charge in [0.2, 0.25) is 0 Å². The van der Waals surface area contributed by atoms with Crippen LogP contribution in [-0.2, 0) is 0 Å². The molecule has 0 radical (unpaired) electrons. The van der Waals surface area contributed by atoms with Crippen molar-refractivity contribution in [2.45, 2.75) is 32.1 Å². The van der Waals surface area contributed by atoms with E-state index in [9.17, 15) is 0 Å². The third kappa shape index (κ3) is 1.90. The average Bonchev–Trinajstić information content (AvgIpc) is 1.76. The van der Waals surface area contributed by atoms with Crippen molar-refractivity contribution in [3.05, 3.63) is 0 Å². The van der Waals surface area contributed by atoms with Gasteiger partial charge in [-0.15, -0.1) is 0 Å². The SMILES string of the molecule is C1CCCC1.[H-].[Li+]. The topological polar surface area (TPSA) is 0 Å². The average molecular weight is 78.1 g/mol. The molecular weight excluding hydrogens is 67.0 g/mol. The summed E-state index contributed by atoms with van der Waals surface area (Å²) in [6, 6.07) is 0. The zero-order valence-electron chi connectivity index (χ0n) is 5.54. The van der Waals surface area contributed by atoms with Crippen LogP contribution < -0.4 is 18.9 Å². The molecule has 0 bridgehead atoms. The molecule has 1 saturated carbocycles. The molecule has 0 unspecified atom stereocenters. The maximum Gasteiger partial charge on any atom is 1.00 e. The monoisotopic (exact) mass is 78.1 g/mol. The summed E-state index contributed by atoms with van der Waals surface area (Å²) in [6.07, 6.45) is 7.50. The van der Waals surface area contributed by atoms with Gasteiger partial charge in [-0.1, -0.05) is 32.1 Å². The van der Waals surface area contributed by atoms with Crippen molar-refractivity contribution in [3.8, 4) is 0 Å². The molecule has 1 aliphatic carbocycles. The number of rotatable bonds is 0. The Morgan fingerprint density at radius 2 is 0.833 bits per heavy atom. The molecule has 0 aromatic rings. The van der Waals surface area contributed by atoms with Crippen LogP contribution in [0.4, 0.5) is 0 Å². The molecule has 0 saturated heterocycles. The molecule has 0 atom stereocenters. The van der Waals surface area contributed by atoms with Crippen LogP contribution in [0, 0.1) is 0 Å². The van der Waals surface area contributed by atoms with Crippen LogP contribution in [0.25, 0.3) is 0 Å². The van der Waals surface area contributed by atoms with Gasteiger partial charge >= 0.3 is 18.9 Å². The largest absolute Gasteiger partial charge is 1.00 e. The molecule has 0 heterocycles. The maximum atomic E-state index is 1.50. The summed E-state index contributed by atoms with van der Waals surface area (Å²) in [7, 11) is 0. The minimum Gasteiger partial charge on any atom is -1.00 e. The predicted molar refractivity (Wildman–Crippen MR) is 24.2 cm³/mol. The number of hydrogen-bond donors (Lipinski definition) is 0.